The number of quaternary nitrogens is 1. The lowest BCUT2D eigenvalue weighted by Gasteiger charge is -2.35. The Morgan fingerprint density at radius 1 is 1.12 bits per heavy atom. The predicted octanol–water partition coefficient (Wildman–Crippen LogP) is 2.74. The van der Waals surface area contributed by atoms with E-state index < -0.39 is 7.25 Å². The third kappa shape index (κ3) is 13.6. The summed E-state index contributed by atoms with van der Waals surface area (Å²) in [5.41, 5.74) is 0. The molecule has 17 heavy (non-hydrogen) atoms. The van der Waals surface area contributed by atoms with Gasteiger partial charge in [-0.05, 0) is 13.8 Å². The summed E-state index contributed by atoms with van der Waals surface area (Å²) >= 11 is 0. The Balaban J connectivity index is 0. The molecule has 2 atom stereocenters. The average molecular weight is 263 g/mol. The maximum absolute atomic E-state index is 9.75. The Labute approximate surface area is 100 Å². The van der Waals surface area contributed by atoms with Gasteiger partial charge in [-0.25, -0.2) is 0 Å². The van der Waals surface area contributed by atoms with Crippen molar-refractivity contribution < 1.29 is 31.2 Å². The van der Waals surface area contributed by atoms with Gasteiger partial charge in [0.1, 0.15) is 0 Å². The predicted molar refractivity (Wildman–Crippen MR) is 59.9 cm³/mol. The maximum atomic E-state index is 9.75. The van der Waals surface area contributed by atoms with E-state index in [2.05, 4.69) is 27.9 Å². The number of hydrogen-bond donors (Lipinski definition) is 0. The quantitative estimate of drug-likeness (QED) is 0.328. The largest absolute Gasteiger partial charge is 0.673 e. The van der Waals surface area contributed by atoms with Crippen molar-refractivity contribution in [3.05, 3.63) is 0 Å². The van der Waals surface area contributed by atoms with Gasteiger partial charge in [-0.2, -0.15) is 0 Å². The van der Waals surface area contributed by atoms with E-state index in [4.69, 9.17) is 9.47 Å². The topological polar surface area (TPSA) is 18.5 Å². The van der Waals surface area contributed by atoms with Crippen molar-refractivity contribution in [3.63, 3.8) is 0 Å². The van der Waals surface area contributed by atoms with Crippen molar-refractivity contribution in [1.29, 1.82) is 0 Å². The van der Waals surface area contributed by atoms with Crippen molar-refractivity contribution >= 4 is 7.25 Å². The van der Waals surface area contributed by atoms with E-state index in [1.165, 1.54) is 0 Å². The molecule has 3 nitrogen and oxygen atoms in total. The minimum absolute atomic E-state index is 0.121. The Morgan fingerprint density at radius 2 is 1.47 bits per heavy atom. The monoisotopic (exact) mass is 263 g/mol. The molecule has 8 heteroatoms. The van der Waals surface area contributed by atoms with Gasteiger partial charge in [0.2, 0.25) is 0 Å². The van der Waals surface area contributed by atoms with Gasteiger partial charge >= 0.3 is 7.25 Å². The van der Waals surface area contributed by atoms with Crippen LogP contribution in [0.2, 0.25) is 0 Å². The lowest BCUT2D eigenvalue weighted by atomic mass is 10.3. The highest BCUT2D eigenvalue weighted by Gasteiger charge is 2.24. The molecule has 0 spiro atoms. The fourth-order valence-electron chi connectivity index (χ4n) is 0.755. The summed E-state index contributed by atoms with van der Waals surface area (Å²) in [6, 6.07) is 0. The van der Waals surface area contributed by atoms with Gasteiger partial charge in [0.15, 0.2) is 12.5 Å². The van der Waals surface area contributed by atoms with Crippen LogP contribution in [0, 0.1) is 0 Å². The first-order valence-corrected chi connectivity index (χ1v) is 5.32. The summed E-state index contributed by atoms with van der Waals surface area (Å²) in [5.74, 6) is 0. The fraction of sp³-hybridized carbons (Fsp3) is 1.00. The van der Waals surface area contributed by atoms with E-state index in [-0.39, 0.29) is 12.5 Å². The molecule has 0 amide bonds. The molecular formula is C9H22BF4NO2. The molecule has 0 aromatic rings. The molecule has 106 valence electrons. The van der Waals surface area contributed by atoms with Gasteiger partial charge in [0.25, 0.3) is 0 Å². The van der Waals surface area contributed by atoms with E-state index in [1.807, 2.05) is 6.92 Å². The van der Waals surface area contributed by atoms with Gasteiger partial charge in [-0.3, -0.25) is 0 Å². The Morgan fingerprint density at radius 3 is 1.71 bits per heavy atom. The van der Waals surface area contributed by atoms with Crippen LogP contribution < -0.4 is 0 Å². The van der Waals surface area contributed by atoms with E-state index in [0.717, 1.165) is 11.0 Å². The molecule has 2 unspecified atom stereocenters. The SMILES string of the molecule is CC[N+](C)(C)C(C)OC(C)OC.F[B-](F)(F)F. The highest BCUT2D eigenvalue weighted by molar-refractivity contribution is 6.50. The molecule has 0 aromatic carbocycles. The summed E-state index contributed by atoms with van der Waals surface area (Å²) < 4.78 is 50.5. The Hall–Kier alpha value is -0.335. The number of ether oxygens (including phenoxy) is 2. The number of halogens is 4. The van der Waals surface area contributed by atoms with Crippen molar-refractivity contribution in [2.75, 3.05) is 27.7 Å². The van der Waals surface area contributed by atoms with Gasteiger partial charge in [-0.1, -0.05) is 0 Å². The first-order valence-electron chi connectivity index (χ1n) is 5.32. The average Bonchev–Trinajstić information content (AvgIpc) is 2.14. The molecule has 0 saturated heterocycles. The van der Waals surface area contributed by atoms with Gasteiger partial charge in [0, 0.05) is 14.0 Å². The van der Waals surface area contributed by atoms with Crippen LogP contribution >= 0.6 is 0 Å². The normalized spacial score (nSPS) is 15.9. The third-order valence-corrected chi connectivity index (χ3v) is 2.52. The standard InChI is InChI=1S/C9H22NO2.BF4/c1-7-10(4,5)8(2)12-9(3)11-6;2-1(3,4)5/h8-9H,7H2,1-6H3;/q+1;-1. The van der Waals surface area contributed by atoms with Gasteiger partial charge in [0.05, 0.1) is 20.6 Å². The highest BCUT2D eigenvalue weighted by atomic mass is 19.5. The zero-order chi connectivity index (χ0) is 14.3. The summed E-state index contributed by atoms with van der Waals surface area (Å²) in [6.07, 6.45) is 0.0499. The first kappa shape index (κ1) is 19.0. The minimum atomic E-state index is -6.00. The van der Waals surface area contributed by atoms with Gasteiger partial charge in [-0.15, -0.1) is 0 Å². The van der Waals surface area contributed by atoms with Crippen LogP contribution in [0.1, 0.15) is 20.8 Å². The third-order valence-electron chi connectivity index (χ3n) is 2.52. The Bertz CT molecular complexity index is 196. The molecule has 0 aliphatic carbocycles. The second kappa shape index (κ2) is 7.89. The molecule has 0 saturated carbocycles. The van der Waals surface area contributed by atoms with Crippen LogP contribution in [-0.4, -0.2) is 52.0 Å². The summed E-state index contributed by atoms with van der Waals surface area (Å²) in [7, 11) is -0.0522. The molecule has 0 fully saturated rings. The summed E-state index contributed by atoms with van der Waals surface area (Å²) in [6.45, 7) is 7.18. The van der Waals surface area contributed by atoms with Crippen LogP contribution in [-0.2, 0) is 9.47 Å². The smallest absolute Gasteiger partial charge is 0.418 e. The molecule has 0 radical (unpaired) electrons. The van der Waals surface area contributed by atoms with E-state index in [1.54, 1.807) is 7.11 Å². The lowest BCUT2D eigenvalue weighted by Crippen LogP contribution is -2.49. The number of nitrogens with zero attached hydrogens (tertiary/aromatic N) is 1. The second-order valence-electron chi connectivity index (χ2n) is 4.13. The zero-order valence-corrected chi connectivity index (χ0v) is 11.2. The fourth-order valence-corrected chi connectivity index (χ4v) is 0.755. The molecule has 0 bridgehead atoms. The molecular weight excluding hydrogens is 241 g/mol. The first-order chi connectivity index (χ1) is 7.44. The van der Waals surface area contributed by atoms with Crippen LogP contribution in [0.3, 0.4) is 0 Å². The second-order valence-corrected chi connectivity index (χ2v) is 4.13. The molecule has 0 aliphatic heterocycles. The van der Waals surface area contributed by atoms with Crippen molar-refractivity contribution in [3.8, 4) is 0 Å². The van der Waals surface area contributed by atoms with Crippen LogP contribution in [0.5, 0.6) is 0 Å². The van der Waals surface area contributed by atoms with Crippen molar-refractivity contribution in [2.24, 2.45) is 0 Å². The van der Waals surface area contributed by atoms with Crippen molar-refractivity contribution in [2.45, 2.75) is 33.3 Å². The molecule has 0 aromatic heterocycles. The molecule has 0 rings (SSSR count). The van der Waals surface area contributed by atoms with Crippen molar-refractivity contribution in [1.82, 2.24) is 0 Å². The molecule has 0 N–H and O–H groups in total. The zero-order valence-electron chi connectivity index (χ0n) is 11.2. The van der Waals surface area contributed by atoms with E-state index in [9.17, 15) is 17.3 Å². The maximum Gasteiger partial charge on any atom is 0.673 e. The molecule has 0 aliphatic rings. The Kier molecular flexibility index (Phi) is 8.82. The lowest BCUT2D eigenvalue weighted by molar-refractivity contribution is -0.935. The summed E-state index contributed by atoms with van der Waals surface area (Å²) in [4.78, 5) is 0. The number of methoxy groups -OCH3 is 1. The number of hydrogen-bond acceptors (Lipinski definition) is 2. The highest BCUT2D eigenvalue weighted by Crippen LogP contribution is 2.09. The number of rotatable bonds is 5. The van der Waals surface area contributed by atoms with Crippen LogP contribution in [0.25, 0.3) is 0 Å². The van der Waals surface area contributed by atoms with Gasteiger partial charge < -0.3 is 31.2 Å². The summed E-state index contributed by atoms with van der Waals surface area (Å²) in [5, 5.41) is 0. The van der Waals surface area contributed by atoms with Crippen LogP contribution in [0.4, 0.5) is 17.3 Å². The van der Waals surface area contributed by atoms with Crippen LogP contribution in [0.15, 0.2) is 0 Å². The van der Waals surface area contributed by atoms with E-state index in [0.29, 0.717) is 0 Å². The molecule has 0 heterocycles. The van der Waals surface area contributed by atoms with E-state index >= 15 is 0 Å². The minimum Gasteiger partial charge on any atom is -0.418 e.